The molecule has 6 atom stereocenters. The molecule has 2 heterocycles. The molecule has 39 heavy (non-hydrogen) atoms. The monoisotopic (exact) mass is 531 g/mol. The van der Waals surface area contributed by atoms with Crippen molar-refractivity contribution in [3.63, 3.8) is 0 Å². The number of aliphatic hydroxyl groups is 1. The van der Waals surface area contributed by atoms with Crippen LogP contribution in [0.2, 0.25) is 0 Å². The van der Waals surface area contributed by atoms with E-state index < -0.39 is 6.10 Å². The number of rotatable bonds is 12. The SMILES string of the molecule is CC(=O)OC[C@H]1[C@H](O)C[C@@H]2[C@@H](OCc3ccccc3)[C@H](OCc3ccccc3)[C@@H](COCc3ccccc3)N21. The number of carbonyl (C=O) groups excluding carboxylic acids is 1. The zero-order valence-electron chi connectivity index (χ0n) is 22.3. The number of esters is 1. The molecule has 3 aromatic rings. The summed E-state index contributed by atoms with van der Waals surface area (Å²) in [6, 6.07) is 29.5. The van der Waals surface area contributed by atoms with Gasteiger partial charge in [-0.2, -0.15) is 0 Å². The van der Waals surface area contributed by atoms with E-state index in [9.17, 15) is 9.90 Å². The van der Waals surface area contributed by atoms with Crippen LogP contribution in [0.3, 0.4) is 0 Å². The average Bonchev–Trinajstić information content (AvgIpc) is 3.43. The average molecular weight is 532 g/mol. The van der Waals surface area contributed by atoms with Crippen molar-refractivity contribution in [2.75, 3.05) is 13.2 Å². The highest BCUT2D eigenvalue weighted by molar-refractivity contribution is 5.65. The summed E-state index contributed by atoms with van der Waals surface area (Å²) in [5.41, 5.74) is 3.24. The Morgan fingerprint density at radius 3 is 1.79 bits per heavy atom. The summed E-state index contributed by atoms with van der Waals surface area (Å²) in [7, 11) is 0. The molecule has 7 nitrogen and oxygen atoms in total. The van der Waals surface area contributed by atoms with Crippen LogP contribution in [0.25, 0.3) is 0 Å². The lowest BCUT2D eigenvalue weighted by molar-refractivity contribution is -0.144. The molecule has 3 aromatic carbocycles. The number of ether oxygens (including phenoxy) is 4. The fourth-order valence-electron chi connectivity index (χ4n) is 5.77. The first kappa shape index (κ1) is 27.5. The molecule has 2 fully saturated rings. The fourth-order valence-corrected chi connectivity index (χ4v) is 5.77. The molecule has 0 spiro atoms. The number of nitrogens with zero attached hydrogens (tertiary/aromatic N) is 1. The molecule has 2 aliphatic heterocycles. The molecule has 7 heteroatoms. The van der Waals surface area contributed by atoms with Crippen LogP contribution in [-0.2, 0) is 43.6 Å². The van der Waals surface area contributed by atoms with Crippen LogP contribution in [0.1, 0.15) is 30.0 Å². The second-order valence-corrected chi connectivity index (χ2v) is 10.3. The third-order valence-corrected chi connectivity index (χ3v) is 7.59. The minimum atomic E-state index is -0.649. The number of hydrogen-bond donors (Lipinski definition) is 1. The molecular formula is C32H37NO6. The zero-order valence-corrected chi connectivity index (χ0v) is 22.3. The Hall–Kier alpha value is -3.07. The van der Waals surface area contributed by atoms with Crippen molar-refractivity contribution in [3.05, 3.63) is 108 Å². The normalized spacial score (nSPS) is 26.4. The second kappa shape index (κ2) is 13.3. The van der Waals surface area contributed by atoms with Gasteiger partial charge in [-0.15, -0.1) is 0 Å². The van der Waals surface area contributed by atoms with E-state index in [-0.39, 0.29) is 42.9 Å². The van der Waals surface area contributed by atoms with Gasteiger partial charge in [0, 0.05) is 13.0 Å². The molecule has 0 radical (unpaired) electrons. The Balaban J connectivity index is 1.39. The highest BCUT2D eigenvalue weighted by Crippen LogP contribution is 2.41. The van der Waals surface area contributed by atoms with Crippen LogP contribution in [0, 0.1) is 0 Å². The van der Waals surface area contributed by atoms with Gasteiger partial charge in [0.15, 0.2) is 0 Å². The molecule has 5 rings (SSSR count). The van der Waals surface area contributed by atoms with E-state index in [4.69, 9.17) is 18.9 Å². The minimum Gasteiger partial charge on any atom is -0.464 e. The second-order valence-electron chi connectivity index (χ2n) is 10.3. The van der Waals surface area contributed by atoms with Crippen molar-refractivity contribution >= 4 is 5.97 Å². The van der Waals surface area contributed by atoms with Crippen molar-refractivity contribution in [2.24, 2.45) is 0 Å². The van der Waals surface area contributed by atoms with Crippen molar-refractivity contribution in [2.45, 2.75) is 69.6 Å². The predicted molar refractivity (Wildman–Crippen MR) is 147 cm³/mol. The van der Waals surface area contributed by atoms with E-state index in [1.807, 2.05) is 91.0 Å². The Labute approximate surface area is 230 Å². The van der Waals surface area contributed by atoms with Gasteiger partial charge in [0.05, 0.1) is 44.6 Å². The molecule has 206 valence electrons. The van der Waals surface area contributed by atoms with Gasteiger partial charge in [-0.1, -0.05) is 91.0 Å². The van der Waals surface area contributed by atoms with Crippen LogP contribution in [0.15, 0.2) is 91.0 Å². The quantitative estimate of drug-likeness (QED) is 0.352. The Morgan fingerprint density at radius 1 is 0.744 bits per heavy atom. The van der Waals surface area contributed by atoms with Gasteiger partial charge in [-0.25, -0.2) is 0 Å². The van der Waals surface area contributed by atoms with Gasteiger partial charge in [-0.05, 0) is 23.1 Å². The van der Waals surface area contributed by atoms with Crippen LogP contribution in [0.5, 0.6) is 0 Å². The highest BCUT2D eigenvalue weighted by atomic mass is 16.6. The molecule has 0 amide bonds. The van der Waals surface area contributed by atoms with Crippen LogP contribution in [-0.4, -0.2) is 65.6 Å². The summed E-state index contributed by atoms with van der Waals surface area (Å²) in [5.74, 6) is -0.365. The first-order valence-corrected chi connectivity index (χ1v) is 13.6. The molecule has 1 N–H and O–H groups in total. The molecule has 0 unspecified atom stereocenters. The van der Waals surface area contributed by atoms with E-state index >= 15 is 0 Å². The number of fused-ring (bicyclic) bond motifs is 1. The standard InChI is InChI=1S/C32H37NO6/c1-23(34)37-22-28-30(35)17-27-31(38-19-25-13-7-3-8-14-25)32(39-20-26-15-9-4-10-16-26)29(33(27)28)21-36-18-24-11-5-2-6-12-24/h2-16,27-32,35H,17-22H2,1H3/t27-,28+,29-,30-,31-,32-/m1/s1. The predicted octanol–water partition coefficient (Wildman–Crippen LogP) is 4.12. The molecule has 0 bridgehead atoms. The molecule has 0 aromatic heterocycles. The lowest BCUT2D eigenvalue weighted by Gasteiger charge is -2.33. The molecule has 0 aliphatic carbocycles. The van der Waals surface area contributed by atoms with Crippen molar-refractivity contribution < 1.29 is 28.8 Å². The number of aliphatic hydroxyl groups excluding tert-OH is 1. The first-order chi connectivity index (χ1) is 19.1. The summed E-state index contributed by atoms with van der Waals surface area (Å²) < 4.78 is 24.8. The van der Waals surface area contributed by atoms with Crippen LogP contribution < -0.4 is 0 Å². The maximum atomic E-state index is 11.7. The fraction of sp³-hybridized carbons (Fsp3) is 0.406. The van der Waals surface area contributed by atoms with Gasteiger partial charge < -0.3 is 24.1 Å². The van der Waals surface area contributed by atoms with Gasteiger partial charge in [0.25, 0.3) is 0 Å². The van der Waals surface area contributed by atoms with E-state index in [1.165, 1.54) is 6.92 Å². The number of hydrogen-bond acceptors (Lipinski definition) is 7. The first-order valence-electron chi connectivity index (χ1n) is 13.6. The van der Waals surface area contributed by atoms with E-state index in [0.29, 0.717) is 32.8 Å². The Bertz CT molecular complexity index is 1160. The maximum Gasteiger partial charge on any atom is 0.302 e. The van der Waals surface area contributed by atoms with E-state index in [2.05, 4.69) is 4.90 Å². The topological polar surface area (TPSA) is 77.5 Å². The lowest BCUT2D eigenvalue weighted by Crippen LogP contribution is -2.49. The molecule has 0 saturated carbocycles. The largest absolute Gasteiger partial charge is 0.464 e. The van der Waals surface area contributed by atoms with Gasteiger partial charge in [-0.3, -0.25) is 9.69 Å². The lowest BCUT2D eigenvalue weighted by atomic mass is 10.0. The summed E-state index contributed by atoms with van der Waals surface area (Å²) in [5, 5.41) is 11.1. The third kappa shape index (κ3) is 6.93. The number of benzene rings is 3. The van der Waals surface area contributed by atoms with Gasteiger partial charge in [0.1, 0.15) is 18.8 Å². The summed E-state index contributed by atoms with van der Waals surface area (Å²) in [6.07, 6.45) is -0.742. The third-order valence-electron chi connectivity index (χ3n) is 7.59. The molecule has 2 aliphatic rings. The maximum absolute atomic E-state index is 11.7. The van der Waals surface area contributed by atoms with Crippen molar-refractivity contribution in [1.29, 1.82) is 0 Å². The van der Waals surface area contributed by atoms with Crippen LogP contribution >= 0.6 is 0 Å². The van der Waals surface area contributed by atoms with Gasteiger partial charge in [0.2, 0.25) is 0 Å². The van der Waals surface area contributed by atoms with Gasteiger partial charge >= 0.3 is 5.97 Å². The zero-order chi connectivity index (χ0) is 27.0. The smallest absolute Gasteiger partial charge is 0.302 e. The number of carbonyl (C=O) groups is 1. The van der Waals surface area contributed by atoms with Crippen molar-refractivity contribution in [3.8, 4) is 0 Å². The van der Waals surface area contributed by atoms with E-state index in [1.54, 1.807) is 0 Å². The summed E-state index contributed by atoms with van der Waals surface area (Å²) in [6.45, 7) is 3.22. The highest BCUT2D eigenvalue weighted by Gasteiger charge is 2.58. The van der Waals surface area contributed by atoms with E-state index in [0.717, 1.165) is 16.7 Å². The molecule has 2 saturated heterocycles. The minimum absolute atomic E-state index is 0.102. The Kier molecular flexibility index (Phi) is 9.40. The Morgan fingerprint density at radius 2 is 1.26 bits per heavy atom. The molecular weight excluding hydrogens is 494 g/mol. The summed E-state index contributed by atoms with van der Waals surface area (Å²) >= 11 is 0. The van der Waals surface area contributed by atoms with Crippen molar-refractivity contribution in [1.82, 2.24) is 4.90 Å². The summed E-state index contributed by atoms with van der Waals surface area (Å²) in [4.78, 5) is 13.9. The van der Waals surface area contributed by atoms with Crippen LogP contribution in [0.4, 0.5) is 0 Å².